The van der Waals surface area contributed by atoms with Gasteiger partial charge in [-0.15, -0.1) is 0 Å². The van der Waals surface area contributed by atoms with Crippen LogP contribution in [0.15, 0.2) is 0 Å². The quantitative estimate of drug-likeness (QED) is 0.378. The van der Waals surface area contributed by atoms with Crippen LogP contribution in [-0.2, 0) is 0 Å². The van der Waals surface area contributed by atoms with Crippen molar-refractivity contribution in [1.29, 1.82) is 0 Å². The highest BCUT2D eigenvalue weighted by molar-refractivity contribution is 4.69. The molecule has 0 aliphatic carbocycles. The van der Waals surface area contributed by atoms with E-state index in [1.54, 1.807) is 0 Å². The first kappa shape index (κ1) is 22.9. The van der Waals surface area contributed by atoms with Crippen molar-refractivity contribution in [2.24, 2.45) is 0 Å². The first-order valence-electron chi connectivity index (χ1n) is 10.2. The lowest BCUT2D eigenvalue weighted by Gasteiger charge is -2.27. The number of rotatable bonds is 17. The normalized spacial score (nSPS) is 14.3. The fraction of sp³-hybridized carbons (Fsp3) is 1.00. The van der Waals surface area contributed by atoms with Gasteiger partial charge in [0.25, 0.3) is 0 Å². The first-order chi connectivity index (χ1) is 11.1. The molecule has 0 aromatic rings. The lowest BCUT2D eigenvalue weighted by Crippen LogP contribution is -2.38. The van der Waals surface area contributed by atoms with Crippen LogP contribution in [0.5, 0.6) is 0 Å². The molecule has 2 unspecified atom stereocenters. The molecule has 0 bridgehead atoms. The molecule has 0 amide bonds. The van der Waals surface area contributed by atoms with E-state index in [0.29, 0.717) is 0 Å². The van der Waals surface area contributed by atoms with Crippen molar-refractivity contribution in [2.45, 2.75) is 110 Å². The van der Waals surface area contributed by atoms with Gasteiger partial charge in [-0.3, -0.25) is 4.90 Å². The van der Waals surface area contributed by atoms with Crippen LogP contribution >= 0.6 is 0 Å². The molecule has 0 aliphatic rings. The van der Waals surface area contributed by atoms with Gasteiger partial charge in [-0.25, -0.2) is 0 Å². The largest absolute Gasteiger partial charge is 0.392 e. The Morgan fingerprint density at radius 1 is 0.609 bits per heavy atom. The molecule has 0 rings (SSSR count). The summed E-state index contributed by atoms with van der Waals surface area (Å²) in [4.78, 5) is 2.28. The highest BCUT2D eigenvalue weighted by Crippen LogP contribution is 2.10. The van der Waals surface area contributed by atoms with Crippen LogP contribution < -0.4 is 0 Å². The fourth-order valence-corrected chi connectivity index (χ4v) is 3.03. The van der Waals surface area contributed by atoms with Crippen LogP contribution in [0.2, 0.25) is 0 Å². The monoisotopic (exact) mass is 329 g/mol. The van der Waals surface area contributed by atoms with Gasteiger partial charge in [-0.1, -0.05) is 78.6 Å². The topological polar surface area (TPSA) is 43.7 Å². The van der Waals surface area contributed by atoms with E-state index in [-0.39, 0.29) is 12.2 Å². The molecule has 0 spiro atoms. The van der Waals surface area contributed by atoms with Crippen molar-refractivity contribution in [1.82, 2.24) is 4.90 Å². The van der Waals surface area contributed by atoms with Crippen molar-refractivity contribution in [2.75, 3.05) is 19.6 Å². The maximum absolute atomic E-state index is 10.3. The zero-order valence-corrected chi connectivity index (χ0v) is 16.1. The second-order valence-corrected chi connectivity index (χ2v) is 7.12. The third-order valence-electron chi connectivity index (χ3n) is 4.55. The molecule has 0 fully saturated rings. The van der Waals surface area contributed by atoms with Gasteiger partial charge >= 0.3 is 0 Å². The van der Waals surface area contributed by atoms with Crippen molar-refractivity contribution in [3.05, 3.63) is 0 Å². The molecule has 2 N–H and O–H groups in total. The molecule has 140 valence electrons. The van der Waals surface area contributed by atoms with Crippen LogP contribution in [0.4, 0.5) is 0 Å². The summed E-state index contributed by atoms with van der Waals surface area (Å²) < 4.78 is 0. The summed E-state index contributed by atoms with van der Waals surface area (Å²) in [6, 6.07) is 0. The molecule has 0 saturated carbocycles. The molecule has 0 aromatic carbocycles. The molecule has 23 heavy (non-hydrogen) atoms. The summed E-state index contributed by atoms with van der Waals surface area (Å²) in [6.45, 7) is 9.06. The Bertz CT molecular complexity index is 216. The Hall–Kier alpha value is -0.120. The summed E-state index contributed by atoms with van der Waals surface area (Å²) in [6.07, 6.45) is 13.3. The number of hydrogen-bond donors (Lipinski definition) is 2. The number of unbranched alkanes of at least 4 members (excludes halogenated alkanes) is 7. The summed E-state index contributed by atoms with van der Waals surface area (Å²) in [5.41, 5.74) is 0. The third kappa shape index (κ3) is 15.2. The smallest absolute Gasteiger partial charge is 0.0667 e. The van der Waals surface area contributed by atoms with Gasteiger partial charge in [0, 0.05) is 13.1 Å². The van der Waals surface area contributed by atoms with Crippen molar-refractivity contribution in [3.8, 4) is 0 Å². The standard InChI is InChI=1S/C20H43NO2/c1-4-7-10-12-14-19(22)17-21(16-9-6-3)18-20(23)15-13-11-8-5-2/h19-20,22-23H,4-18H2,1-3H3. The van der Waals surface area contributed by atoms with E-state index >= 15 is 0 Å². The Morgan fingerprint density at radius 2 is 1.04 bits per heavy atom. The van der Waals surface area contributed by atoms with Gasteiger partial charge in [0.1, 0.15) is 0 Å². The van der Waals surface area contributed by atoms with Crippen molar-refractivity contribution < 1.29 is 10.2 Å². The van der Waals surface area contributed by atoms with Gasteiger partial charge in [-0.05, 0) is 25.8 Å². The maximum Gasteiger partial charge on any atom is 0.0667 e. The molecule has 0 heterocycles. The molecule has 0 aliphatic heterocycles. The SMILES string of the molecule is CCCCCCC(O)CN(CCCC)CC(O)CCCCCC. The lowest BCUT2D eigenvalue weighted by atomic mass is 10.1. The minimum Gasteiger partial charge on any atom is -0.392 e. The van der Waals surface area contributed by atoms with E-state index in [9.17, 15) is 10.2 Å². The molecule has 0 aromatic heterocycles. The number of hydrogen-bond acceptors (Lipinski definition) is 3. The summed E-state index contributed by atoms with van der Waals surface area (Å²) >= 11 is 0. The Balaban J connectivity index is 4.02. The molecule has 3 heteroatoms. The second-order valence-electron chi connectivity index (χ2n) is 7.12. The lowest BCUT2D eigenvalue weighted by molar-refractivity contribution is 0.0599. The van der Waals surface area contributed by atoms with Gasteiger partial charge in [0.2, 0.25) is 0 Å². The van der Waals surface area contributed by atoms with E-state index in [2.05, 4.69) is 25.7 Å². The Kier molecular flexibility index (Phi) is 16.6. The van der Waals surface area contributed by atoms with Crippen LogP contribution in [0, 0.1) is 0 Å². The molecular formula is C20H43NO2. The Morgan fingerprint density at radius 3 is 1.43 bits per heavy atom. The van der Waals surface area contributed by atoms with Gasteiger partial charge in [0.05, 0.1) is 12.2 Å². The average Bonchev–Trinajstić information content (AvgIpc) is 2.53. The predicted molar refractivity (Wildman–Crippen MR) is 101 cm³/mol. The zero-order chi connectivity index (χ0) is 17.3. The van der Waals surface area contributed by atoms with E-state index < -0.39 is 0 Å². The van der Waals surface area contributed by atoms with E-state index in [4.69, 9.17) is 0 Å². The van der Waals surface area contributed by atoms with Crippen molar-refractivity contribution in [3.63, 3.8) is 0 Å². The maximum atomic E-state index is 10.3. The minimum atomic E-state index is -0.240. The third-order valence-corrected chi connectivity index (χ3v) is 4.55. The van der Waals surface area contributed by atoms with Crippen LogP contribution in [0.1, 0.15) is 97.8 Å². The minimum absolute atomic E-state index is 0.240. The van der Waals surface area contributed by atoms with Crippen LogP contribution in [0.25, 0.3) is 0 Å². The van der Waals surface area contributed by atoms with Gasteiger partial charge in [0.15, 0.2) is 0 Å². The number of aliphatic hydroxyl groups excluding tert-OH is 2. The first-order valence-corrected chi connectivity index (χ1v) is 10.2. The van der Waals surface area contributed by atoms with E-state index in [0.717, 1.165) is 58.2 Å². The van der Waals surface area contributed by atoms with Gasteiger partial charge in [-0.2, -0.15) is 0 Å². The average molecular weight is 330 g/mol. The van der Waals surface area contributed by atoms with Crippen molar-refractivity contribution >= 4 is 0 Å². The van der Waals surface area contributed by atoms with Crippen LogP contribution in [-0.4, -0.2) is 47.0 Å². The molecule has 0 radical (unpaired) electrons. The molecule has 0 saturated heterocycles. The highest BCUT2D eigenvalue weighted by atomic mass is 16.3. The summed E-state index contributed by atoms with van der Waals surface area (Å²) in [5, 5.41) is 20.5. The molecule has 3 nitrogen and oxygen atoms in total. The number of aliphatic hydroxyl groups is 2. The Labute approximate surface area is 145 Å². The fourth-order valence-electron chi connectivity index (χ4n) is 3.03. The summed E-state index contributed by atoms with van der Waals surface area (Å²) in [5.74, 6) is 0. The summed E-state index contributed by atoms with van der Waals surface area (Å²) in [7, 11) is 0. The predicted octanol–water partition coefficient (Wildman–Crippen LogP) is 4.75. The highest BCUT2D eigenvalue weighted by Gasteiger charge is 2.15. The van der Waals surface area contributed by atoms with Crippen LogP contribution in [0.3, 0.4) is 0 Å². The zero-order valence-electron chi connectivity index (χ0n) is 16.1. The van der Waals surface area contributed by atoms with E-state index in [1.807, 2.05) is 0 Å². The molecule has 2 atom stereocenters. The van der Waals surface area contributed by atoms with Gasteiger partial charge < -0.3 is 10.2 Å². The van der Waals surface area contributed by atoms with E-state index in [1.165, 1.54) is 38.5 Å². The molecular weight excluding hydrogens is 286 g/mol. The number of nitrogens with zero attached hydrogens (tertiary/aromatic N) is 1. The second kappa shape index (κ2) is 16.7.